The maximum Gasteiger partial charge on any atom is 0.494 e. The quantitative estimate of drug-likeness (QED) is 0.560. The molecular weight excluding hydrogens is 365 g/mol. The van der Waals surface area contributed by atoms with E-state index in [1.807, 2.05) is 34.6 Å². The first kappa shape index (κ1) is 23.8. The first-order chi connectivity index (χ1) is 13.4. The van der Waals surface area contributed by atoms with Gasteiger partial charge in [0, 0.05) is 18.8 Å². The van der Waals surface area contributed by atoms with Crippen LogP contribution in [0.2, 0.25) is 0 Å². The molecule has 3 rings (SSSR count). The van der Waals surface area contributed by atoms with Crippen molar-refractivity contribution in [1.82, 2.24) is 0 Å². The molecule has 2 aliphatic heterocycles. The predicted molar refractivity (Wildman–Crippen MR) is 120 cm³/mol. The van der Waals surface area contributed by atoms with Gasteiger partial charge < -0.3 is 18.9 Å². The Labute approximate surface area is 177 Å². The van der Waals surface area contributed by atoms with E-state index in [0.29, 0.717) is 6.54 Å². The van der Waals surface area contributed by atoms with Crippen molar-refractivity contribution in [3.63, 3.8) is 0 Å². The fraction of sp³-hybridized carbons (Fsp3) is 0.696. The Morgan fingerprint density at radius 1 is 1.07 bits per heavy atom. The molecule has 1 atom stereocenters. The summed E-state index contributed by atoms with van der Waals surface area (Å²) in [5.41, 5.74) is 1.01. The van der Waals surface area contributed by atoms with Gasteiger partial charge in [-0.1, -0.05) is 26.0 Å². The van der Waals surface area contributed by atoms with Crippen molar-refractivity contribution in [3.05, 3.63) is 24.3 Å². The number of hydrogen-bond acceptors (Lipinski definition) is 5. The largest absolute Gasteiger partial charge is 0.494 e. The zero-order valence-corrected chi connectivity index (χ0v) is 19.7. The van der Waals surface area contributed by atoms with Gasteiger partial charge in [0.2, 0.25) is 0 Å². The minimum atomic E-state index is -0.436. The van der Waals surface area contributed by atoms with Crippen molar-refractivity contribution in [2.75, 3.05) is 18.0 Å². The highest BCUT2D eigenvalue weighted by molar-refractivity contribution is 6.62. The van der Waals surface area contributed by atoms with Crippen LogP contribution >= 0.6 is 0 Å². The molecule has 1 unspecified atom stereocenters. The number of nitrogens with zero attached hydrogens (tertiary/aromatic N) is 1. The third-order valence-corrected chi connectivity index (χ3v) is 5.71. The van der Waals surface area contributed by atoms with Crippen molar-refractivity contribution in [1.29, 1.82) is 0 Å². The number of carbonyl (C=O) groups excluding carboxylic acids is 1. The Kier molecular flexibility index (Phi) is 7.11. The van der Waals surface area contributed by atoms with E-state index in [-0.39, 0.29) is 30.2 Å². The third-order valence-electron chi connectivity index (χ3n) is 5.71. The highest BCUT2D eigenvalue weighted by Crippen LogP contribution is 2.36. The Morgan fingerprint density at radius 2 is 1.59 bits per heavy atom. The topological polar surface area (TPSA) is 48.0 Å². The normalized spacial score (nSPS) is 22.9. The monoisotopic (exact) mass is 403 g/mol. The number of benzene rings is 1. The van der Waals surface area contributed by atoms with Crippen molar-refractivity contribution >= 4 is 24.2 Å². The summed E-state index contributed by atoms with van der Waals surface area (Å²) in [5.74, 6) is -0.161. The van der Waals surface area contributed by atoms with Crippen LogP contribution in [0.25, 0.3) is 0 Å². The summed E-state index contributed by atoms with van der Waals surface area (Å²) >= 11 is 0. The summed E-state index contributed by atoms with van der Waals surface area (Å²) in [6.45, 7) is 19.5. The number of esters is 1. The molecule has 0 aliphatic carbocycles. The molecule has 0 saturated carbocycles. The minimum Gasteiger partial charge on any atom is -0.460 e. The van der Waals surface area contributed by atoms with E-state index < -0.39 is 5.60 Å². The molecule has 0 spiro atoms. The van der Waals surface area contributed by atoms with Crippen LogP contribution < -0.4 is 10.4 Å². The van der Waals surface area contributed by atoms with E-state index in [4.69, 9.17) is 14.0 Å². The average Bonchev–Trinajstić information content (AvgIpc) is 3.19. The smallest absolute Gasteiger partial charge is 0.460 e. The highest BCUT2D eigenvalue weighted by Gasteiger charge is 2.51. The summed E-state index contributed by atoms with van der Waals surface area (Å²) in [4.78, 5) is 14.5. The molecule has 5 nitrogen and oxygen atoms in total. The first-order valence-electron chi connectivity index (χ1n) is 10.8. The zero-order chi connectivity index (χ0) is 22.0. The second kappa shape index (κ2) is 8.69. The molecule has 0 N–H and O–H groups in total. The van der Waals surface area contributed by atoms with Crippen molar-refractivity contribution in [2.24, 2.45) is 5.92 Å². The summed E-state index contributed by atoms with van der Waals surface area (Å²) < 4.78 is 17.8. The fourth-order valence-corrected chi connectivity index (χ4v) is 3.39. The van der Waals surface area contributed by atoms with Crippen LogP contribution in [0.4, 0.5) is 5.69 Å². The van der Waals surface area contributed by atoms with Crippen LogP contribution in [0.5, 0.6) is 0 Å². The van der Waals surface area contributed by atoms with Crippen molar-refractivity contribution < 1.29 is 18.8 Å². The molecule has 2 saturated heterocycles. The number of ether oxygens (including phenoxy) is 1. The molecule has 2 heterocycles. The SMILES string of the molecule is CC.CC(C)(C)OC(=O)C1CCN(c2ccc(B3OC(C)(C)C(C)(C)O3)cc2)C1. The lowest BCUT2D eigenvalue weighted by atomic mass is 9.79. The second-order valence-corrected chi connectivity index (χ2v) is 9.64. The molecule has 0 radical (unpaired) electrons. The summed E-state index contributed by atoms with van der Waals surface area (Å²) in [6.07, 6.45) is 0.827. The Bertz CT molecular complexity index is 678. The van der Waals surface area contributed by atoms with Crippen LogP contribution in [0.15, 0.2) is 24.3 Å². The maximum absolute atomic E-state index is 12.3. The van der Waals surface area contributed by atoms with E-state index in [1.54, 1.807) is 0 Å². The molecular formula is C23H38BNO4. The number of anilines is 1. The maximum atomic E-state index is 12.3. The zero-order valence-electron chi connectivity index (χ0n) is 19.7. The molecule has 29 heavy (non-hydrogen) atoms. The van der Waals surface area contributed by atoms with E-state index >= 15 is 0 Å². The van der Waals surface area contributed by atoms with Gasteiger partial charge in [0.15, 0.2) is 0 Å². The Morgan fingerprint density at radius 3 is 2.07 bits per heavy atom. The molecule has 0 bridgehead atoms. The Hall–Kier alpha value is -1.53. The molecule has 1 aromatic rings. The van der Waals surface area contributed by atoms with Gasteiger partial charge in [-0.25, -0.2) is 0 Å². The average molecular weight is 403 g/mol. The van der Waals surface area contributed by atoms with Crippen LogP contribution in [-0.2, 0) is 18.8 Å². The second-order valence-electron chi connectivity index (χ2n) is 9.64. The van der Waals surface area contributed by atoms with Gasteiger partial charge in [0.1, 0.15) is 5.60 Å². The lowest BCUT2D eigenvalue weighted by Gasteiger charge is -2.32. The minimum absolute atomic E-state index is 0.0630. The molecule has 0 aromatic heterocycles. The van der Waals surface area contributed by atoms with Gasteiger partial charge in [-0.2, -0.15) is 0 Å². The van der Waals surface area contributed by atoms with E-state index in [9.17, 15) is 4.79 Å². The summed E-state index contributed by atoms with van der Waals surface area (Å²) in [5, 5.41) is 0. The Balaban J connectivity index is 0.00000145. The van der Waals surface area contributed by atoms with Crippen LogP contribution in [0.3, 0.4) is 0 Å². The number of hydrogen-bond donors (Lipinski definition) is 0. The summed E-state index contributed by atoms with van der Waals surface area (Å²) in [6, 6.07) is 8.27. The molecule has 162 valence electrons. The van der Waals surface area contributed by atoms with E-state index in [1.165, 1.54) is 0 Å². The lowest BCUT2D eigenvalue weighted by Crippen LogP contribution is -2.41. The molecule has 0 amide bonds. The van der Waals surface area contributed by atoms with Gasteiger partial charge in [0.05, 0.1) is 17.1 Å². The van der Waals surface area contributed by atoms with Crippen LogP contribution in [-0.4, -0.2) is 43.0 Å². The van der Waals surface area contributed by atoms with Gasteiger partial charge in [-0.3, -0.25) is 4.79 Å². The lowest BCUT2D eigenvalue weighted by molar-refractivity contribution is -0.159. The van der Waals surface area contributed by atoms with Crippen molar-refractivity contribution in [3.8, 4) is 0 Å². The van der Waals surface area contributed by atoms with Crippen LogP contribution in [0, 0.1) is 5.92 Å². The first-order valence-corrected chi connectivity index (χ1v) is 10.8. The van der Waals surface area contributed by atoms with Crippen LogP contribution in [0.1, 0.15) is 68.7 Å². The molecule has 1 aromatic carbocycles. The number of carbonyl (C=O) groups is 1. The van der Waals surface area contributed by atoms with Gasteiger partial charge in [0.25, 0.3) is 0 Å². The van der Waals surface area contributed by atoms with E-state index in [2.05, 4.69) is 56.9 Å². The molecule has 2 fully saturated rings. The predicted octanol–water partition coefficient (Wildman–Crippen LogP) is 4.18. The summed E-state index contributed by atoms with van der Waals surface area (Å²) in [7, 11) is -0.350. The highest BCUT2D eigenvalue weighted by atomic mass is 16.7. The fourth-order valence-electron chi connectivity index (χ4n) is 3.39. The van der Waals surface area contributed by atoms with Crippen molar-refractivity contribution in [2.45, 2.75) is 85.5 Å². The standard InChI is InChI=1S/C21H32BNO4.C2H6/c1-19(2,3)25-18(24)15-12-13-23(14-15)17-10-8-16(9-11-17)22-26-20(4,5)21(6,7)27-22;1-2/h8-11,15H,12-14H2,1-7H3;1-2H3. The van der Waals surface area contributed by atoms with Gasteiger partial charge in [-0.05, 0) is 72.5 Å². The number of rotatable bonds is 3. The molecule has 2 aliphatic rings. The third kappa shape index (κ3) is 5.55. The van der Waals surface area contributed by atoms with Gasteiger partial charge >= 0.3 is 13.1 Å². The van der Waals surface area contributed by atoms with Gasteiger partial charge in [-0.15, -0.1) is 0 Å². The van der Waals surface area contributed by atoms with E-state index in [0.717, 1.165) is 24.1 Å². The molecule has 6 heteroatoms.